The molecule has 0 bridgehead atoms. The first kappa shape index (κ1) is 17.5. The van der Waals surface area contributed by atoms with Gasteiger partial charge in [0, 0.05) is 19.2 Å². The Hall–Kier alpha value is -0.810. The SMILES string of the molecule is CC(C)CCNC1CCOC12CCN(C(=O)OC(C)(C)C)C2. The third kappa shape index (κ3) is 4.35. The molecule has 0 aromatic rings. The van der Waals surface area contributed by atoms with Crippen molar-refractivity contribution in [3.63, 3.8) is 0 Å². The van der Waals surface area contributed by atoms with E-state index < -0.39 is 5.60 Å². The van der Waals surface area contributed by atoms with Crippen LogP contribution in [-0.2, 0) is 9.47 Å². The van der Waals surface area contributed by atoms with Gasteiger partial charge in [-0.1, -0.05) is 13.8 Å². The maximum Gasteiger partial charge on any atom is 0.410 e. The van der Waals surface area contributed by atoms with Crippen LogP contribution in [0.1, 0.15) is 53.9 Å². The fourth-order valence-corrected chi connectivity index (χ4v) is 3.27. The summed E-state index contributed by atoms with van der Waals surface area (Å²) in [6.45, 7) is 13.3. The summed E-state index contributed by atoms with van der Waals surface area (Å²) < 4.78 is 11.6. The van der Waals surface area contributed by atoms with Crippen molar-refractivity contribution in [1.29, 1.82) is 0 Å². The zero-order chi connectivity index (χ0) is 16.4. The van der Waals surface area contributed by atoms with Crippen LogP contribution in [0.3, 0.4) is 0 Å². The van der Waals surface area contributed by atoms with E-state index in [0.29, 0.717) is 18.5 Å². The lowest BCUT2D eigenvalue weighted by Crippen LogP contribution is -2.50. The molecule has 2 aliphatic heterocycles. The second kappa shape index (κ2) is 6.75. The summed E-state index contributed by atoms with van der Waals surface area (Å²) in [5.41, 5.74) is -0.661. The molecule has 0 aromatic heterocycles. The monoisotopic (exact) mass is 312 g/mol. The first-order chi connectivity index (χ1) is 10.2. The summed E-state index contributed by atoms with van der Waals surface area (Å²) >= 11 is 0. The summed E-state index contributed by atoms with van der Waals surface area (Å²) in [5, 5.41) is 3.65. The summed E-state index contributed by atoms with van der Waals surface area (Å²) in [7, 11) is 0. The van der Waals surface area contributed by atoms with Crippen LogP contribution in [0.25, 0.3) is 0 Å². The van der Waals surface area contributed by atoms with Crippen molar-refractivity contribution < 1.29 is 14.3 Å². The van der Waals surface area contributed by atoms with Gasteiger partial charge in [0.05, 0.1) is 6.54 Å². The van der Waals surface area contributed by atoms with Crippen molar-refractivity contribution >= 4 is 6.09 Å². The second-order valence-corrected chi connectivity index (χ2v) is 8.04. The van der Waals surface area contributed by atoms with Crippen molar-refractivity contribution in [2.24, 2.45) is 5.92 Å². The first-order valence-electron chi connectivity index (χ1n) is 8.57. The number of likely N-dealkylation sites (tertiary alicyclic amines) is 1. The first-order valence-corrected chi connectivity index (χ1v) is 8.57. The Balaban J connectivity index is 1.90. The lowest BCUT2D eigenvalue weighted by atomic mass is 9.93. The third-order valence-corrected chi connectivity index (χ3v) is 4.46. The highest BCUT2D eigenvalue weighted by molar-refractivity contribution is 5.68. The average molecular weight is 312 g/mol. The number of carbonyl (C=O) groups excluding carboxylic acids is 1. The number of hydrogen-bond acceptors (Lipinski definition) is 4. The number of carbonyl (C=O) groups is 1. The number of amides is 1. The standard InChI is InChI=1S/C17H32N2O3/c1-13(2)6-9-18-14-7-11-21-17(14)8-10-19(12-17)15(20)22-16(3,4)5/h13-14,18H,6-12H2,1-5H3. The van der Waals surface area contributed by atoms with Gasteiger partial charge >= 0.3 is 6.09 Å². The van der Waals surface area contributed by atoms with Crippen LogP contribution in [0, 0.1) is 5.92 Å². The number of hydrogen-bond donors (Lipinski definition) is 1. The quantitative estimate of drug-likeness (QED) is 0.867. The van der Waals surface area contributed by atoms with E-state index >= 15 is 0 Å². The minimum absolute atomic E-state index is 0.214. The maximum atomic E-state index is 12.2. The third-order valence-electron chi connectivity index (χ3n) is 4.46. The van der Waals surface area contributed by atoms with Crippen molar-refractivity contribution in [3.8, 4) is 0 Å². The molecule has 1 spiro atoms. The summed E-state index contributed by atoms with van der Waals surface area (Å²) in [6, 6.07) is 0.346. The second-order valence-electron chi connectivity index (χ2n) is 8.04. The van der Waals surface area contributed by atoms with Gasteiger partial charge in [-0.05, 0) is 52.5 Å². The molecule has 2 aliphatic rings. The van der Waals surface area contributed by atoms with Gasteiger partial charge in [0.1, 0.15) is 11.2 Å². The average Bonchev–Trinajstić information content (AvgIpc) is 2.96. The largest absolute Gasteiger partial charge is 0.444 e. The van der Waals surface area contributed by atoms with Gasteiger partial charge in [-0.15, -0.1) is 0 Å². The van der Waals surface area contributed by atoms with Crippen LogP contribution >= 0.6 is 0 Å². The summed E-state index contributed by atoms with van der Waals surface area (Å²) in [6.07, 6.45) is 2.87. The maximum absolute atomic E-state index is 12.2. The molecule has 1 amide bonds. The van der Waals surface area contributed by atoms with Crippen LogP contribution in [-0.4, -0.2) is 54.5 Å². The minimum Gasteiger partial charge on any atom is -0.444 e. The van der Waals surface area contributed by atoms with Gasteiger partial charge < -0.3 is 19.7 Å². The molecule has 2 atom stereocenters. The molecule has 0 aliphatic carbocycles. The fraction of sp³-hybridized carbons (Fsp3) is 0.941. The number of ether oxygens (including phenoxy) is 2. The van der Waals surface area contributed by atoms with Crippen LogP contribution < -0.4 is 5.32 Å². The Morgan fingerprint density at radius 1 is 1.45 bits per heavy atom. The smallest absolute Gasteiger partial charge is 0.410 e. The van der Waals surface area contributed by atoms with Crippen molar-refractivity contribution in [2.75, 3.05) is 26.2 Å². The molecule has 0 aromatic carbocycles. The van der Waals surface area contributed by atoms with E-state index in [9.17, 15) is 4.79 Å². The predicted molar refractivity (Wildman–Crippen MR) is 87.0 cm³/mol. The normalized spacial score (nSPS) is 28.8. The zero-order valence-electron chi connectivity index (χ0n) is 14.8. The Kier molecular flexibility index (Phi) is 5.38. The van der Waals surface area contributed by atoms with Gasteiger partial charge in [0.15, 0.2) is 0 Å². The number of nitrogens with one attached hydrogen (secondary N) is 1. The lowest BCUT2D eigenvalue weighted by molar-refractivity contribution is -0.00974. The Morgan fingerprint density at radius 3 is 2.82 bits per heavy atom. The van der Waals surface area contributed by atoms with Crippen LogP contribution in [0.5, 0.6) is 0 Å². The summed E-state index contributed by atoms with van der Waals surface area (Å²) in [5.74, 6) is 0.701. The molecule has 2 fully saturated rings. The molecule has 2 unspecified atom stereocenters. The van der Waals surface area contributed by atoms with Gasteiger partial charge in [0.2, 0.25) is 0 Å². The lowest BCUT2D eigenvalue weighted by Gasteiger charge is -2.31. The molecule has 2 rings (SSSR count). The van der Waals surface area contributed by atoms with Crippen LogP contribution in [0.4, 0.5) is 4.79 Å². The fourth-order valence-electron chi connectivity index (χ4n) is 3.27. The van der Waals surface area contributed by atoms with Crippen LogP contribution in [0.2, 0.25) is 0 Å². The minimum atomic E-state index is -0.446. The molecule has 5 heteroatoms. The summed E-state index contributed by atoms with van der Waals surface area (Å²) in [4.78, 5) is 14.0. The van der Waals surface area contributed by atoms with Gasteiger partial charge in [-0.2, -0.15) is 0 Å². The van der Waals surface area contributed by atoms with Crippen LogP contribution in [0.15, 0.2) is 0 Å². The predicted octanol–water partition coefficient (Wildman–Crippen LogP) is 2.79. The van der Waals surface area contributed by atoms with Gasteiger partial charge in [0.25, 0.3) is 0 Å². The van der Waals surface area contributed by atoms with E-state index in [4.69, 9.17) is 9.47 Å². The highest BCUT2D eigenvalue weighted by atomic mass is 16.6. The van der Waals surface area contributed by atoms with Gasteiger partial charge in [-0.3, -0.25) is 0 Å². The molecule has 22 heavy (non-hydrogen) atoms. The van der Waals surface area contributed by atoms with E-state index in [1.54, 1.807) is 4.90 Å². The van der Waals surface area contributed by atoms with E-state index in [2.05, 4.69) is 19.2 Å². The molecule has 2 saturated heterocycles. The Bertz CT molecular complexity index is 392. The highest BCUT2D eigenvalue weighted by Crippen LogP contribution is 2.36. The van der Waals surface area contributed by atoms with E-state index in [-0.39, 0.29) is 11.7 Å². The molecular weight excluding hydrogens is 280 g/mol. The van der Waals surface area contributed by atoms with Crippen molar-refractivity contribution in [1.82, 2.24) is 10.2 Å². The van der Waals surface area contributed by atoms with E-state index in [0.717, 1.165) is 32.5 Å². The topological polar surface area (TPSA) is 50.8 Å². The van der Waals surface area contributed by atoms with Crippen molar-refractivity contribution in [3.05, 3.63) is 0 Å². The number of rotatable bonds is 4. The van der Waals surface area contributed by atoms with Crippen molar-refractivity contribution in [2.45, 2.75) is 71.1 Å². The molecule has 0 saturated carbocycles. The highest BCUT2D eigenvalue weighted by Gasteiger charge is 2.50. The van der Waals surface area contributed by atoms with E-state index in [1.807, 2.05) is 20.8 Å². The number of nitrogens with zero attached hydrogens (tertiary/aromatic N) is 1. The van der Waals surface area contributed by atoms with E-state index in [1.165, 1.54) is 6.42 Å². The molecule has 2 heterocycles. The molecule has 0 radical (unpaired) electrons. The Morgan fingerprint density at radius 2 is 2.18 bits per heavy atom. The molecule has 128 valence electrons. The molecular formula is C17H32N2O3. The molecule has 5 nitrogen and oxygen atoms in total. The zero-order valence-corrected chi connectivity index (χ0v) is 14.8. The molecule has 1 N–H and O–H groups in total. The van der Waals surface area contributed by atoms with Gasteiger partial charge in [-0.25, -0.2) is 4.79 Å². The Labute approximate surface area is 134 Å².